The molecule has 0 aliphatic carbocycles. The Morgan fingerprint density at radius 1 is 0.868 bits per heavy atom. The van der Waals surface area contributed by atoms with Crippen LogP contribution in [0, 0.1) is 0 Å². The normalized spacial score (nSPS) is 15.6. The van der Waals surface area contributed by atoms with E-state index in [2.05, 4.69) is 26.1 Å². The van der Waals surface area contributed by atoms with E-state index in [0.29, 0.717) is 22.7 Å². The maximum absolute atomic E-state index is 13.6. The molecule has 1 saturated heterocycles. The van der Waals surface area contributed by atoms with Crippen LogP contribution in [0.1, 0.15) is 58.2 Å². The van der Waals surface area contributed by atoms with Crippen molar-refractivity contribution in [2.75, 3.05) is 4.90 Å². The number of nitrogens with one attached hydrogen (secondary N) is 1. The zero-order valence-corrected chi connectivity index (χ0v) is 23.3. The lowest BCUT2D eigenvalue weighted by Gasteiger charge is -2.30. The fourth-order valence-corrected chi connectivity index (χ4v) is 4.39. The van der Waals surface area contributed by atoms with E-state index < -0.39 is 11.8 Å². The number of ether oxygens (including phenoxy) is 1. The number of hydrogen-bond donors (Lipinski definition) is 2. The number of carbonyl (C=O) groups excluding carboxylic acids is 2. The van der Waals surface area contributed by atoms with Crippen molar-refractivity contribution < 1.29 is 19.4 Å². The molecule has 1 heterocycles. The van der Waals surface area contributed by atoms with Gasteiger partial charge in [0.15, 0.2) is 5.11 Å². The van der Waals surface area contributed by atoms with Crippen LogP contribution in [0.5, 0.6) is 17.2 Å². The number of carbonyl (C=O) groups is 2. The summed E-state index contributed by atoms with van der Waals surface area (Å²) in [6, 6.07) is 20.0. The van der Waals surface area contributed by atoms with Gasteiger partial charge in [0, 0.05) is 11.1 Å². The molecule has 0 saturated carbocycles. The van der Waals surface area contributed by atoms with Crippen molar-refractivity contribution in [1.82, 2.24) is 5.32 Å². The molecule has 4 rings (SSSR count). The number of amides is 2. The molecule has 196 valence electrons. The highest BCUT2D eigenvalue weighted by Crippen LogP contribution is 2.39. The van der Waals surface area contributed by atoms with Crippen LogP contribution in [0.25, 0.3) is 6.08 Å². The largest absolute Gasteiger partial charge is 0.507 e. The van der Waals surface area contributed by atoms with Crippen LogP contribution in [-0.2, 0) is 20.4 Å². The summed E-state index contributed by atoms with van der Waals surface area (Å²) < 4.78 is 5.84. The Hall–Kier alpha value is -3.97. The highest BCUT2D eigenvalue weighted by molar-refractivity contribution is 7.80. The van der Waals surface area contributed by atoms with Crippen molar-refractivity contribution in [3.63, 3.8) is 0 Å². The minimum Gasteiger partial charge on any atom is -0.507 e. The summed E-state index contributed by atoms with van der Waals surface area (Å²) in [7, 11) is 0. The summed E-state index contributed by atoms with van der Waals surface area (Å²) in [5.41, 5.74) is 1.92. The highest BCUT2D eigenvalue weighted by Gasteiger charge is 2.35. The number of anilines is 1. The van der Waals surface area contributed by atoms with E-state index in [0.717, 1.165) is 11.1 Å². The molecule has 6 nitrogen and oxygen atoms in total. The zero-order chi connectivity index (χ0) is 27.8. The van der Waals surface area contributed by atoms with Gasteiger partial charge in [0.25, 0.3) is 11.8 Å². The topological polar surface area (TPSA) is 78.9 Å². The smallest absolute Gasteiger partial charge is 0.270 e. The Labute approximate surface area is 228 Å². The summed E-state index contributed by atoms with van der Waals surface area (Å²) in [6.07, 6.45) is 1.44. The summed E-state index contributed by atoms with van der Waals surface area (Å²) in [5.74, 6) is 0.134. The number of phenolic OH excluding ortho intramolecular Hbond substituents is 1. The third-order valence-corrected chi connectivity index (χ3v) is 6.57. The molecule has 0 radical (unpaired) electrons. The molecule has 2 amide bonds. The van der Waals surface area contributed by atoms with Gasteiger partial charge in [-0.05, 0) is 77.2 Å². The standard InChI is InChI=1S/C31H32N2O4S/c1-30(2,3)20-16-19(26(34)25(18-20)31(4,5)6)17-24-27(35)32-29(38)33(28(24)36)21-12-14-23(15-13-21)37-22-10-8-7-9-11-22/h7-18,34H,1-6H3,(H,32,35,38)/b24-17+. The number of para-hydroxylation sites is 1. The van der Waals surface area contributed by atoms with Gasteiger partial charge in [-0.1, -0.05) is 65.8 Å². The molecule has 38 heavy (non-hydrogen) atoms. The molecule has 0 atom stereocenters. The lowest BCUT2D eigenvalue weighted by Crippen LogP contribution is -2.54. The first kappa shape index (κ1) is 27.1. The average molecular weight is 529 g/mol. The molecule has 3 aromatic carbocycles. The Balaban J connectivity index is 1.72. The first-order chi connectivity index (χ1) is 17.8. The Morgan fingerprint density at radius 3 is 2.05 bits per heavy atom. The van der Waals surface area contributed by atoms with Gasteiger partial charge in [-0.25, -0.2) is 0 Å². The van der Waals surface area contributed by atoms with Crippen molar-refractivity contribution in [3.8, 4) is 17.2 Å². The van der Waals surface area contributed by atoms with Crippen molar-refractivity contribution in [1.29, 1.82) is 0 Å². The highest BCUT2D eigenvalue weighted by atomic mass is 32.1. The third kappa shape index (κ3) is 5.63. The SMILES string of the molecule is CC(C)(C)c1cc(/C=C2\C(=O)NC(=S)N(c3ccc(Oc4ccccc4)cc3)C2=O)c(O)c(C(C)(C)C)c1. The quantitative estimate of drug-likeness (QED) is 0.226. The fourth-order valence-electron chi connectivity index (χ4n) is 4.11. The minimum absolute atomic E-state index is 0.0167. The van der Waals surface area contributed by atoms with E-state index in [1.807, 2.05) is 63.2 Å². The molecule has 1 fully saturated rings. The number of rotatable bonds is 4. The number of aromatic hydroxyl groups is 1. The van der Waals surface area contributed by atoms with Crippen LogP contribution in [0.3, 0.4) is 0 Å². The lowest BCUT2D eigenvalue weighted by atomic mass is 9.78. The maximum atomic E-state index is 13.6. The van der Waals surface area contributed by atoms with Gasteiger partial charge in [0.05, 0.1) is 5.69 Å². The van der Waals surface area contributed by atoms with E-state index in [1.54, 1.807) is 24.3 Å². The van der Waals surface area contributed by atoms with Gasteiger partial charge in [-0.3, -0.25) is 19.8 Å². The van der Waals surface area contributed by atoms with Crippen molar-refractivity contribution in [2.24, 2.45) is 0 Å². The van der Waals surface area contributed by atoms with Crippen molar-refractivity contribution >= 4 is 40.9 Å². The summed E-state index contributed by atoms with van der Waals surface area (Å²) in [5, 5.41) is 13.8. The monoisotopic (exact) mass is 528 g/mol. The zero-order valence-electron chi connectivity index (χ0n) is 22.5. The van der Waals surface area contributed by atoms with Crippen LogP contribution >= 0.6 is 12.2 Å². The first-order valence-electron chi connectivity index (χ1n) is 12.4. The number of nitrogens with zero attached hydrogens (tertiary/aromatic N) is 1. The molecule has 0 spiro atoms. The van der Waals surface area contributed by atoms with Gasteiger partial charge < -0.3 is 9.84 Å². The summed E-state index contributed by atoms with van der Waals surface area (Å²) in [4.78, 5) is 27.8. The van der Waals surface area contributed by atoms with E-state index in [1.165, 1.54) is 11.0 Å². The second-order valence-corrected chi connectivity index (χ2v) is 11.7. The van der Waals surface area contributed by atoms with E-state index in [4.69, 9.17) is 17.0 Å². The Kier molecular flexibility index (Phi) is 7.17. The number of phenols is 1. The maximum Gasteiger partial charge on any atom is 0.270 e. The van der Waals surface area contributed by atoms with Crippen molar-refractivity contribution in [3.05, 3.63) is 89.0 Å². The Bertz CT molecular complexity index is 1430. The molecule has 1 aliphatic rings. The van der Waals surface area contributed by atoms with Crippen LogP contribution in [0.2, 0.25) is 0 Å². The van der Waals surface area contributed by atoms with Crippen LogP contribution in [0.4, 0.5) is 5.69 Å². The summed E-state index contributed by atoms with van der Waals surface area (Å²) >= 11 is 5.35. The lowest BCUT2D eigenvalue weighted by molar-refractivity contribution is -0.122. The van der Waals surface area contributed by atoms with Crippen molar-refractivity contribution in [2.45, 2.75) is 52.4 Å². The van der Waals surface area contributed by atoms with Gasteiger partial charge in [-0.15, -0.1) is 0 Å². The second kappa shape index (κ2) is 10.1. The molecule has 2 N–H and O–H groups in total. The molecular weight excluding hydrogens is 496 g/mol. The van der Waals surface area contributed by atoms with Gasteiger partial charge in [0.1, 0.15) is 22.8 Å². The molecule has 0 bridgehead atoms. The number of hydrogen-bond acceptors (Lipinski definition) is 5. The fraction of sp³-hybridized carbons (Fsp3) is 0.258. The third-order valence-electron chi connectivity index (χ3n) is 6.29. The first-order valence-corrected chi connectivity index (χ1v) is 12.8. The molecule has 0 aromatic heterocycles. The molecular formula is C31H32N2O4S. The van der Waals surface area contributed by atoms with E-state index in [9.17, 15) is 14.7 Å². The molecule has 1 aliphatic heterocycles. The molecule has 0 unspecified atom stereocenters. The predicted molar refractivity (Wildman–Crippen MR) is 155 cm³/mol. The second-order valence-electron chi connectivity index (χ2n) is 11.3. The van der Waals surface area contributed by atoms with Crippen LogP contribution in [-0.4, -0.2) is 22.0 Å². The van der Waals surface area contributed by atoms with Gasteiger partial charge >= 0.3 is 0 Å². The number of thiocarbonyl (C=S) groups is 1. The van der Waals surface area contributed by atoms with Crippen LogP contribution < -0.4 is 15.0 Å². The van der Waals surface area contributed by atoms with Crippen LogP contribution in [0.15, 0.2) is 72.3 Å². The van der Waals surface area contributed by atoms with Gasteiger partial charge in [-0.2, -0.15) is 0 Å². The molecule has 3 aromatic rings. The van der Waals surface area contributed by atoms with E-state index >= 15 is 0 Å². The minimum atomic E-state index is -0.613. The molecule has 7 heteroatoms. The summed E-state index contributed by atoms with van der Waals surface area (Å²) in [6.45, 7) is 12.3. The average Bonchev–Trinajstić information content (AvgIpc) is 2.83. The van der Waals surface area contributed by atoms with E-state index in [-0.39, 0.29) is 27.3 Å². The van der Waals surface area contributed by atoms with Gasteiger partial charge in [0.2, 0.25) is 0 Å². The number of benzene rings is 3. The Morgan fingerprint density at radius 2 is 1.47 bits per heavy atom. The predicted octanol–water partition coefficient (Wildman–Crippen LogP) is 6.61.